The molecule has 2 N–H and O–H groups in total. The standard InChI is InChI=1S/C31H41N3O5S/c1-21(2)30-20-39-17-15-34(30)31(35)24-8-11-26(12-9-24)33-40(36,37)27-13-10-25-18-28(32-29(25)19-27)23-6-4-22(5-7-23)14-16-38-3/h4-7,10,13,18-19,21,24,26,30,32-33H,8-9,11-12,14-17,20H2,1-3H3. The van der Waals surface area contributed by atoms with Gasteiger partial charge in [-0.25, -0.2) is 13.1 Å². The van der Waals surface area contributed by atoms with E-state index in [4.69, 9.17) is 9.47 Å². The van der Waals surface area contributed by atoms with Crippen molar-refractivity contribution >= 4 is 26.8 Å². The highest BCUT2D eigenvalue weighted by atomic mass is 32.2. The number of carbonyl (C=O) groups is 1. The molecule has 0 radical (unpaired) electrons. The number of nitrogens with one attached hydrogen (secondary N) is 2. The van der Waals surface area contributed by atoms with Gasteiger partial charge in [0.15, 0.2) is 0 Å². The molecule has 1 saturated carbocycles. The lowest BCUT2D eigenvalue weighted by Crippen LogP contribution is -2.53. The number of nitrogens with zero attached hydrogens (tertiary/aromatic N) is 1. The first-order valence-corrected chi connectivity index (χ1v) is 15.8. The SMILES string of the molecule is COCCc1ccc(-c2cc3ccc(S(=O)(=O)NC4CCC(C(=O)N5CCOCC5C(C)C)CC4)cc3[nH]2)cc1. The molecular formula is C31H41N3O5S. The van der Waals surface area contributed by atoms with Crippen molar-refractivity contribution in [3.05, 3.63) is 54.1 Å². The Morgan fingerprint density at radius 2 is 1.85 bits per heavy atom. The third kappa shape index (κ3) is 6.43. The fourth-order valence-corrected chi connectivity index (χ4v) is 7.26. The van der Waals surface area contributed by atoms with E-state index in [0.717, 1.165) is 28.6 Å². The van der Waals surface area contributed by atoms with E-state index in [2.05, 4.69) is 47.8 Å². The Morgan fingerprint density at radius 3 is 2.55 bits per heavy atom. The van der Waals surface area contributed by atoms with Gasteiger partial charge in [-0.15, -0.1) is 0 Å². The highest BCUT2D eigenvalue weighted by Crippen LogP contribution is 2.30. The number of methoxy groups -OCH3 is 1. The molecule has 1 saturated heterocycles. The number of rotatable bonds is 9. The molecule has 2 aromatic carbocycles. The van der Waals surface area contributed by atoms with Crippen molar-refractivity contribution in [2.75, 3.05) is 33.5 Å². The molecule has 216 valence electrons. The first-order chi connectivity index (χ1) is 19.2. The van der Waals surface area contributed by atoms with E-state index in [1.807, 2.05) is 17.0 Å². The Bertz CT molecular complexity index is 1410. The van der Waals surface area contributed by atoms with E-state index < -0.39 is 10.0 Å². The number of aromatic amines is 1. The number of amides is 1. The second-order valence-corrected chi connectivity index (χ2v) is 13.2. The van der Waals surface area contributed by atoms with Crippen LogP contribution in [-0.4, -0.2) is 69.8 Å². The van der Waals surface area contributed by atoms with Crippen molar-refractivity contribution in [1.82, 2.24) is 14.6 Å². The highest BCUT2D eigenvalue weighted by molar-refractivity contribution is 7.89. The number of benzene rings is 2. The Morgan fingerprint density at radius 1 is 1.10 bits per heavy atom. The van der Waals surface area contributed by atoms with Gasteiger partial charge in [-0.2, -0.15) is 0 Å². The maximum Gasteiger partial charge on any atom is 0.240 e. The molecule has 2 aliphatic rings. The zero-order chi connectivity index (χ0) is 28.3. The lowest BCUT2D eigenvalue weighted by atomic mass is 9.85. The van der Waals surface area contributed by atoms with Crippen molar-refractivity contribution in [3.8, 4) is 11.3 Å². The predicted molar refractivity (Wildman–Crippen MR) is 157 cm³/mol. The average molecular weight is 568 g/mol. The van der Waals surface area contributed by atoms with Gasteiger partial charge in [0.2, 0.25) is 15.9 Å². The second kappa shape index (κ2) is 12.4. The molecule has 1 atom stereocenters. The van der Waals surface area contributed by atoms with Crippen molar-refractivity contribution in [3.63, 3.8) is 0 Å². The smallest absolute Gasteiger partial charge is 0.240 e. The molecule has 1 amide bonds. The van der Waals surface area contributed by atoms with E-state index in [-0.39, 0.29) is 28.8 Å². The highest BCUT2D eigenvalue weighted by Gasteiger charge is 2.36. The largest absolute Gasteiger partial charge is 0.384 e. The quantitative estimate of drug-likeness (QED) is 0.389. The minimum Gasteiger partial charge on any atom is -0.384 e. The lowest BCUT2D eigenvalue weighted by molar-refractivity contribution is -0.147. The molecule has 1 aromatic heterocycles. The monoisotopic (exact) mass is 567 g/mol. The minimum atomic E-state index is -3.69. The molecular weight excluding hydrogens is 526 g/mol. The summed E-state index contributed by atoms with van der Waals surface area (Å²) < 4.78 is 40.3. The van der Waals surface area contributed by atoms with Crippen LogP contribution >= 0.6 is 0 Å². The molecule has 2 heterocycles. The average Bonchev–Trinajstić information content (AvgIpc) is 3.40. The minimum absolute atomic E-state index is 0.0529. The van der Waals surface area contributed by atoms with E-state index in [0.29, 0.717) is 58.0 Å². The van der Waals surface area contributed by atoms with Crippen LogP contribution in [0.5, 0.6) is 0 Å². The number of carbonyl (C=O) groups excluding carboxylic acids is 1. The third-order valence-electron chi connectivity index (χ3n) is 8.38. The first kappa shape index (κ1) is 28.8. The van der Waals surface area contributed by atoms with Gasteiger partial charge in [0.25, 0.3) is 0 Å². The molecule has 1 aliphatic heterocycles. The van der Waals surface area contributed by atoms with Gasteiger partial charge in [-0.3, -0.25) is 4.79 Å². The molecule has 0 spiro atoms. The first-order valence-electron chi connectivity index (χ1n) is 14.4. The number of H-pyrrole nitrogens is 1. The van der Waals surface area contributed by atoms with E-state index in [9.17, 15) is 13.2 Å². The lowest BCUT2D eigenvalue weighted by Gasteiger charge is -2.41. The van der Waals surface area contributed by atoms with Crippen LogP contribution in [-0.2, 0) is 30.7 Å². The number of sulfonamides is 1. The van der Waals surface area contributed by atoms with Gasteiger partial charge >= 0.3 is 0 Å². The molecule has 40 heavy (non-hydrogen) atoms. The van der Waals surface area contributed by atoms with Gasteiger partial charge in [0.1, 0.15) is 0 Å². The summed E-state index contributed by atoms with van der Waals surface area (Å²) in [6.07, 6.45) is 3.56. The van der Waals surface area contributed by atoms with Crippen molar-refractivity contribution in [2.24, 2.45) is 11.8 Å². The molecule has 0 bridgehead atoms. The zero-order valence-electron chi connectivity index (χ0n) is 23.7. The topological polar surface area (TPSA) is 101 Å². The predicted octanol–water partition coefficient (Wildman–Crippen LogP) is 4.74. The Labute approximate surface area is 237 Å². The van der Waals surface area contributed by atoms with Crippen LogP contribution in [0.3, 0.4) is 0 Å². The van der Waals surface area contributed by atoms with Gasteiger partial charge < -0.3 is 19.4 Å². The second-order valence-electron chi connectivity index (χ2n) is 11.5. The fraction of sp³-hybridized carbons (Fsp3) is 0.516. The van der Waals surface area contributed by atoms with E-state index in [1.54, 1.807) is 19.2 Å². The number of hydrogen-bond acceptors (Lipinski definition) is 5. The number of hydrogen-bond donors (Lipinski definition) is 2. The molecule has 9 heteroatoms. The number of aromatic nitrogens is 1. The Kier molecular flexibility index (Phi) is 8.95. The summed E-state index contributed by atoms with van der Waals surface area (Å²) in [5.74, 6) is 0.482. The maximum absolute atomic E-state index is 13.3. The van der Waals surface area contributed by atoms with E-state index in [1.165, 1.54) is 5.56 Å². The fourth-order valence-electron chi connectivity index (χ4n) is 5.93. The van der Waals surface area contributed by atoms with Gasteiger partial charge in [-0.05, 0) is 67.3 Å². The summed E-state index contributed by atoms with van der Waals surface area (Å²) in [6, 6.07) is 15.5. The summed E-state index contributed by atoms with van der Waals surface area (Å²) in [5.41, 5.74) is 3.98. The van der Waals surface area contributed by atoms with Crippen molar-refractivity contribution in [2.45, 2.75) is 62.9 Å². The van der Waals surface area contributed by atoms with Crippen molar-refractivity contribution < 1.29 is 22.7 Å². The molecule has 1 aliphatic carbocycles. The molecule has 3 aromatic rings. The van der Waals surface area contributed by atoms with E-state index >= 15 is 0 Å². The van der Waals surface area contributed by atoms with Crippen molar-refractivity contribution in [1.29, 1.82) is 0 Å². The van der Waals surface area contributed by atoms with Crippen LogP contribution in [0.2, 0.25) is 0 Å². The van der Waals surface area contributed by atoms with Gasteiger partial charge in [0.05, 0.1) is 30.8 Å². The zero-order valence-corrected chi connectivity index (χ0v) is 24.5. The molecule has 8 nitrogen and oxygen atoms in total. The number of morpholine rings is 1. The van der Waals surface area contributed by atoms with Crippen LogP contribution in [0.25, 0.3) is 22.2 Å². The van der Waals surface area contributed by atoms with Gasteiger partial charge in [0, 0.05) is 42.2 Å². The van der Waals surface area contributed by atoms with Crippen LogP contribution < -0.4 is 4.72 Å². The number of fused-ring (bicyclic) bond motifs is 1. The number of ether oxygens (including phenoxy) is 2. The Balaban J connectivity index is 1.21. The molecule has 2 fully saturated rings. The van der Waals surface area contributed by atoms with Crippen LogP contribution in [0.4, 0.5) is 0 Å². The third-order valence-corrected chi connectivity index (χ3v) is 9.90. The normalized spacial score (nSPS) is 22.2. The van der Waals surface area contributed by atoms with Crippen LogP contribution in [0.15, 0.2) is 53.4 Å². The summed E-state index contributed by atoms with van der Waals surface area (Å²) >= 11 is 0. The van der Waals surface area contributed by atoms with Crippen LogP contribution in [0, 0.1) is 11.8 Å². The maximum atomic E-state index is 13.3. The summed E-state index contributed by atoms with van der Waals surface area (Å²) in [5, 5.41) is 0.958. The summed E-state index contributed by atoms with van der Waals surface area (Å²) in [4.78, 5) is 18.9. The Hall–Kier alpha value is -2.72. The molecule has 1 unspecified atom stereocenters. The molecule has 5 rings (SSSR count). The summed E-state index contributed by atoms with van der Waals surface area (Å²) in [7, 11) is -1.99. The van der Waals surface area contributed by atoms with Crippen LogP contribution in [0.1, 0.15) is 45.1 Å². The summed E-state index contributed by atoms with van der Waals surface area (Å²) in [6.45, 7) is 6.74. The van der Waals surface area contributed by atoms with Gasteiger partial charge in [-0.1, -0.05) is 44.2 Å².